The van der Waals surface area contributed by atoms with Crippen LogP contribution in [0, 0.1) is 17.0 Å². The number of rotatable bonds is 14. The normalized spacial score (nSPS) is 17.3. The maximum absolute atomic E-state index is 13.4. The lowest BCUT2D eigenvalue weighted by molar-refractivity contribution is -0.384. The number of hydrogen-bond acceptors (Lipinski definition) is 11. The average molecular weight is 745 g/mol. The largest absolute Gasteiger partial charge is 0.497 e. The van der Waals surface area contributed by atoms with Crippen molar-refractivity contribution in [3.63, 3.8) is 0 Å². The summed E-state index contributed by atoms with van der Waals surface area (Å²) in [6.07, 6.45) is -0.761. The molecule has 5 aromatic rings. The molecule has 16 heteroatoms. The molecule has 0 aliphatic carbocycles. The van der Waals surface area contributed by atoms with Gasteiger partial charge in [0.2, 0.25) is 0 Å². The Bertz CT molecular complexity index is 2230. The molecule has 53 heavy (non-hydrogen) atoms. The zero-order valence-electron chi connectivity index (χ0n) is 28.8. The molecule has 4 aromatic carbocycles. The fraction of sp³-hybridized carbons (Fsp3) is 0.243. The van der Waals surface area contributed by atoms with Gasteiger partial charge in [0.15, 0.2) is 0 Å². The maximum Gasteiger partial charge on any atom is 0.382 e. The summed E-state index contributed by atoms with van der Waals surface area (Å²) in [7, 11) is -1.44. The SMILES string of the molecule is COc1ccc(C(OC[C@H]2O[C@@H](n3cc(C)c(=O)[nH]c3=O)C[C@@H]2NS(=O)(=O)Oc2ccc([N+](=O)[O-])cc2)(c2ccccc2)c2ccc(OC)cc2)cc1. The Kier molecular flexibility index (Phi) is 10.8. The van der Waals surface area contributed by atoms with Gasteiger partial charge in [-0.15, -0.1) is 0 Å². The van der Waals surface area contributed by atoms with E-state index in [9.17, 15) is 28.1 Å². The van der Waals surface area contributed by atoms with Crippen molar-refractivity contribution in [1.82, 2.24) is 14.3 Å². The average Bonchev–Trinajstić information content (AvgIpc) is 3.55. The first-order chi connectivity index (χ1) is 25.4. The van der Waals surface area contributed by atoms with E-state index in [0.717, 1.165) is 41.0 Å². The molecule has 0 bridgehead atoms. The minimum atomic E-state index is -4.57. The van der Waals surface area contributed by atoms with Crippen LogP contribution >= 0.6 is 0 Å². The first-order valence-electron chi connectivity index (χ1n) is 16.3. The van der Waals surface area contributed by atoms with E-state index in [4.69, 9.17) is 23.1 Å². The van der Waals surface area contributed by atoms with Crippen LogP contribution in [0.5, 0.6) is 17.2 Å². The molecule has 1 aromatic heterocycles. The minimum Gasteiger partial charge on any atom is -0.497 e. The molecular formula is C37H36N4O11S. The topological polar surface area (TPSA) is 190 Å². The number of aryl methyl sites for hydroxylation is 1. The Morgan fingerprint density at radius 3 is 1.96 bits per heavy atom. The van der Waals surface area contributed by atoms with Crippen LogP contribution in [0.1, 0.15) is 34.9 Å². The maximum atomic E-state index is 13.4. The number of benzene rings is 4. The first kappa shape index (κ1) is 37.0. The van der Waals surface area contributed by atoms with Crippen LogP contribution < -0.4 is 29.6 Å². The van der Waals surface area contributed by atoms with Gasteiger partial charge in [0.1, 0.15) is 35.2 Å². The molecular weight excluding hydrogens is 708 g/mol. The highest BCUT2D eigenvalue weighted by atomic mass is 32.2. The number of ether oxygens (including phenoxy) is 4. The number of aromatic amines is 1. The van der Waals surface area contributed by atoms with Gasteiger partial charge < -0.3 is 23.1 Å². The molecule has 1 fully saturated rings. The second kappa shape index (κ2) is 15.4. The molecule has 276 valence electrons. The quantitative estimate of drug-likeness (QED) is 0.0934. The predicted octanol–water partition coefficient (Wildman–Crippen LogP) is 4.35. The van der Waals surface area contributed by atoms with E-state index < -0.39 is 50.5 Å². The summed E-state index contributed by atoms with van der Waals surface area (Å²) in [5.41, 5.74) is -0.416. The van der Waals surface area contributed by atoms with E-state index in [1.54, 1.807) is 38.5 Å². The van der Waals surface area contributed by atoms with Gasteiger partial charge >= 0.3 is 16.0 Å². The van der Waals surface area contributed by atoms with Gasteiger partial charge in [0.05, 0.1) is 31.8 Å². The summed E-state index contributed by atoms with van der Waals surface area (Å²) in [6, 6.07) is 27.7. The van der Waals surface area contributed by atoms with Gasteiger partial charge in [-0.25, -0.2) is 4.79 Å². The van der Waals surface area contributed by atoms with Crippen LogP contribution in [-0.4, -0.2) is 55.9 Å². The molecule has 1 saturated heterocycles. The lowest BCUT2D eigenvalue weighted by atomic mass is 9.80. The van der Waals surface area contributed by atoms with E-state index in [1.165, 1.54) is 17.7 Å². The van der Waals surface area contributed by atoms with Crippen molar-refractivity contribution in [2.24, 2.45) is 0 Å². The van der Waals surface area contributed by atoms with E-state index in [0.29, 0.717) is 11.5 Å². The summed E-state index contributed by atoms with van der Waals surface area (Å²) in [6.45, 7) is 1.31. The number of non-ortho nitro benzene ring substituents is 1. The van der Waals surface area contributed by atoms with Crippen LogP contribution in [0.25, 0.3) is 0 Å². The van der Waals surface area contributed by atoms with Gasteiger partial charge in [-0.2, -0.15) is 13.1 Å². The summed E-state index contributed by atoms with van der Waals surface area (Å²) in [5, 5.41) is 11.1. The second-order valence-corrected chi connectivity index (χ2v) is 13.5. The van der Waals surface area contributed by atoms with E-state index in [1.807, 2.05) is 54.6 Å². The van der Waals surface area contributed by atoms with Gasteiger partial charge in [0, 0.05) is 30.3 Å². The van der Waals surface area contributed by atoms with Crippen molar-refractivity contribution in [1.29, 1.82) is 0 Å². The summed E-state index contributed by atoms with van der Waals surface area (Å²) in [5.74, 6) is 1.08. The monoisotopic (exact) mass is 744 g/mol. The van der Waals surface area contributed by atoms with Crippen LogP contribution in [0.2, 0.25) is 0 Å². The molecule has 0 saturated carbocycles. The molecule has 1 aliphatic rings. The zero-order valence-corrected chi connectivity index (χ0v) is 29.6. The van der Waals surface area contributed by atoms with Crippen LogP contribution in [0.4, 0.5) is 5.69 Å². The molecule has 0 amide bonds. The smallest absolute Gasteiger partial charge is 0.382 e. The molecule has 6 rings (SSSR count). The van der Waals surface area contributed by atoms with Crippen molar-refractivity contribution in [2.75, 3.05) is 20.8 Å². The molecule has 0 unspecified atom stereocenters. The highest BCUT2D eigenvalue weighted by molar-refractivity contribution is 7.85. The third-order valence-corrected chi connectivity index (χ3v) is 9.88. The van der Waals surface area contributed by atoms with E-state index in [2.05, 4.69) is 9.71 Å². The van der Waals surface area contributed by atoms with E-state index >= 15 is 0 Å². The molecule has 0 spiro atoms. The third kappa shape index (κ3) is 8.00. The highest BCUT2D eigenvalue weighted by Crippen LogP contribution is 2.43. The van der Waals surface area contributed by atoms with Crippen molar-refractivity contribution in [3.05, 3.63) is 163 Å². The molecule has 1 aliphatic heterocycles. The fourth-order valence-electron chi connectivity index (χ4n) is 6.22. The fourth-order valence-corrected chi connectivity index (χ4v) is 7.25. The Balaban J connectivity index is 1.39. The number of nitro groups is 1. The summed E-state index contributed by atoms with van der Waals surface area (Å²) >= 11 is 0. The van der Waals surface area contributed by atoms with Crippen molar-refractivity contribution >= 4 is 16.0 Å². The first-order valence-corrected chi connectivity index (χ1v) is 17.8. The second-order valence-electron chi connectivity index (χ2n) is 12.2. The number of aromatic nitrogens is 2. The van der Waals surface area contributed by atoms with Crippen LogP contribution in [0.3, 0.4) is 0 Å². The van der Waals surface area contributed by atoms with Crippen LogP contribution in [-0.2, 0) is 25.4 Å². The van der Waals surface area contributed by atoms with Crippen molar-refractivity contribution in [3.8, 4) is 17.2 Å². The van der Waals surface area contributed by atoms with E-state index in [-0.39, 0.29) is 30.0 Å². The molecule has 3 atom stereocenters. The van der Waals surface area contributed by atoms with Gasteiger partial charge in [-0.1, -0.05) is 54.6 Å². The Hall–Kier alpha value is -5.81. The molecule has 15 nitrogen and oxygen atoms in total. The van der Waals surface area contributed by atoms with Gasteiger partial charge in [-0.3, -0.25) is 24.5 Å². The van der Waals surface area contributed by atoms with Gasteiger partial charge in [0.25, 0.3) is 11.2 Å². The number of hydrogen-bond donors (Lipinski definition) is 2. The number of nitro benzene ring substituents is 1. The molecule has 0 radical (unpaired) electrons. The Morgan fingerprint density at radius 1 is 0.868 bits per heavy atom. The minimum absolute atomic E-state index is 0.0638. The number of methoxy groups -OCH3 is 2. The number of nitrogens with one attached hydrogen (secondary N) is 2. The predicted molar refractivity (Wildman–Crippen MR) is 192 cm³/mol. The summed E-state index contributed by atoms with van der Waals surface area (Å²) < 4.78 is 60.0. The Labute approximate surface area is 304 Å². The number of nitrogens with zero attached hydrogens (tertiary/aromatic N) is 2. The number of H-pyrrole nitrogens is 1. The Morgan fingerprint density at radius 2 is 1.42 bits per heavy atom. The highest BCUT2D eigenvalue weighted by Gasteiger charge is 2.44. The molecule has 2 heterocycles. The van der Waals surface area contributed by atoms with Crippen molar-refractivity contribution < 1.29 is 36.5 Å². The third-order valence-electron chi connectivity index (χ3n) is 8.88. The summed E-state index contributed by atoms with van der Waals surface area (Å²) in [4.78, 5) is 37.8. The van der Waals surface area contributed by atoms with Crippen LogP contribution in [0.15, 0.2) is 119 Å². The lowest BCUT2D eigenvalue weighted by Crippen LogP contribution is -2.45. The molecule has 2 N–H and O–H groups in total. The standard InChI is InChI=1S/C37H36N4O11S/c1-24-22-40(36(43)38-35(24)42)34-21-32(39-53(46,47)52-31-19-13-28(14-20-31)41(44)45)33(51-34)23-50-37(25-7-5-4-6-8-25,26-9-15-29(48-2)16-10-26)27-11-17-30(49-3)18-12-27/h4-20,22,32-34,39H,21,23H2,1-3H3,(H,38,42,43)/t32-,33+,34+/m0/s1. The lowest BCUT2D eigenvalue weighted by Gasteiger charge is -2.37. The van der Waals surface area contributed by atoms with Gasteiger partial charge in [-0.05, 0) is 60.0 Å². The van der Waals surface area contributed by atoms with Crippen molar-refractivity contribution in [2.45, 2.75) is 37.3 Å². The zero-order chi connectivity index (χ0) is 37.8.